The average Bonchev–Trinajstić information content (AvgIpc) is 3.15. The van der Waals surface area contributed by atoms with Crippen molar-refractivity contribution in [1.29, 1.82) is 0 Å². The first-order chi connectivity index (χ1) is 12.0. The molecule has 0 amide bonds. The van der Waals surface area contributed by atoms with Gasteiger partial charge in [-0.25, -0.2) is 9.37 Å². The summed E-state index contributed by atoms with van der Waals surface area (Å²) in [5.74, 6) is -0.0782. The number of hydrogen-bond acceptors (Lipinski definition) is 7. The van der Waals surface area contributed by atoms with Crippen LogP contribution < -0.4 is 10.5 Å². The van der Waals surface area contributed by atoms with Gasteiger partial charge in [0, 0.05) is 11.6 Å². The third-order valence-corrected chi connectivity index (χ3v) is 5.00. The van der Waals surface area contributed by atoms with Crippen LogP contribution in [0.2, 0.25) is 0 Å². The van der Waals surface area contributed by atoms with E-state index in [1.807, 2.05) is 0 Å². The largest absolute Gasteiger partial charge is 0.481 e. The summed E-state index contributed by atoms with van der Waals surface area (Å²) in [5.41, 5.74) is 6.13. The number of hydrogen-bond donors (Lipinski definition) is 2. The number of ether oxygens (including phenoxy) is 3. The number of methoxy groups -OCH3 is 1. The summed E-state index contributed by atoms with van der Waals surface area (Å²) in [6, 6.07) is 3.16. The molecule has 0 spiro atoms. The van der Waals surface area contributed by atoms with Crippen molar-refractivity contribution >= 4 is 11.0 Å². The van der Waals surface area contributed by atoms with Crippen molar-refractivity contribution in [1.82, 2.24) is 9.97 Å². The first-order valence-electron chi connectivity index (χ1n) is 8.21. The fourth-order valence-corrected chi connectivity index (χ4v) is 3.61. The van der Waals surface area contributed by atoms with Gasteiger partial charge in [0.1, 0.15) is 23.6 Å². The highest BCUT2D eigenvalue weighted by Crippen LogP contribution is 2.37. The van der Waals surface area contributed by atoms with Gasteiger partial charge in [-0.1, -0.05) is 0 Å². The zero-order valence-corrected chi connectivity index (χ0v) is 13.8. The lowest BCUT2D eigenvalue weighted by molar-refractivity contribution is -0.0694. The molecule has 4 heterocycles. The maximum atomic E-state index is 14.4. The fourth-order valence-electron chi connectivity index (χ4n) is 3.61. The molecule has 134 valence electrons. The lowest BCUT2D eigenvalue weighted by Gasteiger charge is -2.26. The Labute approximate surface area is 143 Å². The molecule has 2 aliphatic rings. The van der Waals surface area contributed by atoms with E-state index in [2.05, 4.69) is 9.97 Å². The van der Waals surface area contributed by atoms with E-state index in [0.717, 1.165) is 0 Å². The number of nitrogens with zero attached hydrogens (tertiary/aromatic N) is 2. The topological polar surface area (TPSA) is 99.7 Å². The van der Waals surface area contributed by atoms with Gasteiger partial charge < -0.3 is 25.1 Å². The Morgan fingerprint density at radius 3 is 3.08 bits per heavy atom. The van der Waals surface area contributed by atoms with Gasteiger partial charge in [0.15, 0.2) is 0 Å². The highest BCUT2D eigenvalue weighted by atomic mass is 19.1. The van der Waals surface area contributed by atoms with Gasteiger partial charge in [-0.15, -0.1) is 0 Å². The monoisotopic (exact) mass is 349 g/mol. The summed E-state index contributed by atoms with van der Waals surface area (Å²) in [6.07, 6.45) is 0.914. The first kappa shape index (κ1) is 16.6. The third-order valence-electron chi connectivity index (χ3n) is 5.00. The van der Waals surface area contributed by atoms with E-state index < -0.39 is 17.5 Å². The molecule has 25 heavy (non-hydrogen) atoms. The number of aromatic nitrogens is 2. The highest BCUT2D eigenvalue weighted by molar-refractivity contribution is 5.78. The molecule has 0 radical (unpaired) electrons. The summed E-state index contributed by atoms with van der Waals surface area (Å²) < 4.78 is 30.7. The second-order valence-corrected chi connectivity index (χ2v) is 6.60. The minimum Gasteiger partial charge on any atom is -0.481 e. The second kappa shape index (κ2) is 6.14. The molecule has 4 atom stereocenters. The van der Waals surface area contributed by atoms with Crippen LogP contribution in [-0.2, 0) is 15.9 Å². The molecule has 2 fully saturated rings. The van der Waals surface area contributed by atoms with Crippen LogP contribution in [0.5, 0.6) is 5.88 Å². The molecule has 8 heteroatoms. The first-order valence-corrected chi connectivity index (χ1v) is 8.21. The van der Waals surface area contributed by atoms with Crippen molar-refractivity contribution in [3.63, 3.8) is 0 Å². The quantitative estimate of drug-likeness (QED) is 0.832. The van der Waals surface area contributed by atoms with Crippen molar-refractivity contribution in [2.45, 2.75) is 36.7 Å². The van der Waals surface area contributed by atoms with E-state index in [1.165, 1.54) is 13.3 Å². The normalized spacial score (nSPS) is 31.4. The van der Waals surface area contributed by atoms with Gasteiger partial charge in [0.25, 0.3) is 0 Å². The molecule has 3 N–H and O–H groups in total. The summed E-state index contributed by atoms with van der Waals surface area (Å²) in [4.78, 5) is 8.37. The van der Waals surface area contributed by atoms with Crippen LogP contribution in [0, 0.1) is 5.82 Å². The van der Waals surface area contributed by atoms with Crippen LogP contribution in [0.4, 0.5) is 4.39 Å². The molecule has 2 aromatic heterocycles. The Bertz CT molecular complexity index is 805. The Morgan fingerprint density at radius 1 is 1.44 bits per heavy atom. The molecular weight excluding hydrogens is 329 g/mol. The molecule has 2 saturated heterocycles. The number of aliphatic hydroxyl groups is 1. The number of aryl methyl sites for hydroxylation is 1. The van der Waals surface area contributed by atoms with E-state index in [0.29, 0.717) is 29.1 Å². The number of fused-ring (bicyclic) bond motifs is 2. The minimum absolute atomic E-state index is 0.122. The van der Waals surface area contributed by atoms with E-state index >= 15 is 0 Å². The van der Waals surface area contributed by atoms with Gasteiger partial charge in [0.05, 0.1) is 43.6 Å². The molecule has 0 aliphatic carbocycles. The van der Waals surface area contributed by atoms with Crippen LogP contribution >= 0.6 is 0 Å². The summed E-state index contributed by atoms with van der Waals surface area (Å²) in [5, 5.41) is 10.9. The molecule has 0 bridgehead atoms. The van der Waals surface area contributed by atoms with E-state index in [9.17, 15) is 9.50 Å². The lowest BCUT2D eigenvalue weighted by atomic mass is 9.89. The van der Waals surface area contributed by atoms with Crippen molar-refractivity contribution in [3.05, 3.63) is 29.7 Å². The fraction of sp³-hybridized carbons (Fsp3) is 0.529. The number of nitrogens with two attached hydrogens (primary N) is 1. The van der Waals surface area contributed by atoms with Crippen LogP contribution in [0.1, 0.15) is 12.0 Å². The summed E-state index contributed by atoms with van der Waals surface area (Å²) in [6.45, 7) is 0.473. The van der Waals surface area contributed by atoms with Gasteiger partial charge in [0.2, 0.25) is 5.88 Å². The summed E-state index contributed by atoms with van der Waals surface area (Å²) in [7, 11) is 1.50. The van der Waals surface area contributed by atoms with E-state index in [1.54, 1.807) is 12.1 Å². The number of rotatable bonds is 4. The van der Waals surface area contributed by atoms with Crippen molar-refractivity contribution in [3.8, 4) is 5.88 Å². The Hall–Kier alpha value is -1.87. The van der Waals surface area contributed by atoms with Gasteiger partial charge in [-0.3, -0.25) is 4.98 Å². The molecule has 4 rings (SSSR count). The Kier molecular flexibility index (Phi) is 4.07. The molecule has 2 aliphatic heterocycles. The predicted octanol–water partition coefficient (Wildman–Crippen LogP) is 0.566. The lowest BCUT2D eigenvalue weighted by Crippen LogP contribution is -2.45. The van der Waals surface area contributed by atoms with Crippen molar-refractivity contribution < 1.29 is 23.7 Å². The Balaban J connectivity index is 1.62. The third kappa shape index (κ3) is 2.75. The van der Waals surface area contributed by atoms with E-state index in [4.69, 9.17) is 19.9 Å². The molecule has 0 saturated carbocycles. The van der Waals surface area contributed by atoms with Gasteiger partial charge in [-0.2, -0.15) is 0 Å². The standard InChI is InChI=1S/C17H20FN3O4/c1-23-13-3-2-12-14(21-13)9(10(18)6-20-12)4-5-17(22)8-25-15-11(19)7-24-16(15)17/h2-3,6,11,15-16,22H,4-5,7-8,19H2,1H3/t11-,15+,16-,17+/m0/s1. The zero-order chi connectivity index (χ0) is 17.6. The maximum absolute atomic E-state index is 14.4. The predicted molar refractivity (Wildman–Crippen MR) is 86.8 cm³/mol. The SMILES string of the molecule is COc1ccc2ncc(F)c(CC[C@@]3(O)CO[C@@H]4[C@@H](N)CO[C@@H]43)c2n1. The molecule has 0 aromatic carbocycles. The number of halogens is 1. The maximum Gasteiger partial charge on any atom is 0.213 e. The van der Waals surface area contributed by atoms with Crippen LogP contribution in [0.15, 0.2) is 18.3 Å². The Morgan fingerprint density at radius 2 is 2.28 bits per heavy atom. The molecular formula is C17H20FN3O4. The highest BCUT2D eigenvalue weighted by Gasteiger charge is 2.54. The summed E-state index contributed by atoms with van der Waals surface area (Å²) >= 11 is 0. The molecule has 7 nitrogen and oxygen atoms in total. The van der Waals surface area contributed by atoms with Crippen LogP contribution in [-0.4, -0.2) is 59.2 Å². The van der Waals surface area contributed by atoms with Gasteiger partial charge >= 0.3 is 0 Å². The molecule has 0 unspecified atom stereocenters. The minimum atomic E-state index is -1.19. The zero-order valence-electron chi connectivity index (χ0n) is 13.8. The van der Waals surface area contributed by atoms with Crippen LogP contribution in [0.3, 0.4) is 0 Å². The smallest absolute Gasteiger partial charge is 0.213 e. The second-order valence-electron chi connectivity index (χ2n) is 6.60. The average molecular weight is 349 g/mol. The number of pyridine rings is 2. The van der Waals surface area contributed by atoms with Crippen LogP contribution in [0.25, 0.3) is 11.0 Å². The van der Waals surface area contributed by atoms with Crippen molar-refractivity contribution in [2.24, 2.45) is 5.73 Å². The van der Waals surface area contributed by atoms with Gasteiger partial charge in [-0.05, 0) is 18.9 Å². The molecule has 2 aromatic rings. The van der Waals surface area contributed by atoms with Crippen molar-refractivity contribution in [2.75, 3.05) is 20.3 Å². The van der Waals surface area contributed by atoms with E-state index in [-0.39, 0.29) is 31.6 Å².